The number of aliphatic hydroxyl groups excluding tert-OH is 1. The van der Waals surface area contributed by atoms with Gasteiger partial charge in [0.05, 0.1) is 24.6 Å². The molecule has 0 amide bonds. The topological polar surface area (TPSA) is 82.9 Å². The maximum Gasteiger partial charge on any atom is 0.308 e. The number of rotatable bonds is 10. The van der Waals surface area contributed by atoms with Crippen LogP contribution in [0.5, 0.6) is 5.75 Å². The number of carboxylic acid groups (broad SMARTS) is 1. The van der Waals surface area contributed by atoms with Gasteiger partial charge in [-0.15, -0.1) is 11.8 Å². The van der Waals surface area contributed by atoms with Gasteiger partial charge in [-0.05, 0) is 73.0 Å². The second-order valence-electron chi connectivity index (χ2n) is 8.48. The number of piperidine rings is 1. The quantitative estimate of drug-likeness (QED) is 0.393. The van der Waals surface area contributed by atoms with Crippen molar-refractivity contribution in [1.82, 2.24) is 9.88 Å². The van der Waals surface area contributed by atoms with Gasteiger partial charge >= 0.3 is 5.97 Å². The summed E-state index contributed by atoms with van der Waals surface area (Å²) in [6, 6.07) is 9.60. The molecule has 3 aromatic rings. The molecule has 0 saturated carbocycles. The van der Waals surface area contributed by atoms with Crippen LogP contribution in [-0.4, -0.2) is 58.6 Å². The van der Waals surface area contributed by atoms with Gasteiger partial charge in [-0.25, -0.2) is 0 Å². The maximum absolute atomic E-state index is 12.0. The van der Waals surface area contributed by atoms with Crippen molar-refractivity contribution in [3.8, 4) is 5.75 Å². The SMILES string of the molecule is COc1ccc2nccc(C(O)CC[C@@H]3CCN(CCSc4ccsc4)C[C@@H]3C(=O)O)c2c1. The monoisotopic (exact) mass is 486 g/mol. The van der Waals surface area contributed by atoms with Crippen molar-refractivity contribution in [2.24, 2.45) is 11.8 Å². The van der Waals surface area contributed by atoms with Crippen LogP contribution in [0.15, 0.2) is 52.2 Å². The number of aromatic nitrogens is 1. The molecule has 1 unspecified atom stereocenters. The van der Waals surface area contributed by atoms with E-state index < -0.39 is 18.0 Å². The van der Waals surface area contributed by atoms with Gasteiger partial charge in [0.1, 0.15) is 5.75 Å². The fourth-order valence-corrected chi connectivity index (χ4v) is 6.41. The Labute approximate surface area is 202 Å². The van der Waals surface area contributed by atoms with Crippen molar-refractivity contribution < 1.29 is 19.7 Å². The first-order valence-corrected chi connectivity index (χ1v) is 13.2. The van der Waals surface area contributed by atoms with Crippen molar-refractivity contribution in [2.45, 2.75) is 30.3 Å². The van der Waals surface area contributed by atoms with E-state index in [-0.39, 0.29) is 5.92 Å². The Balaban J connectivity index is 1.34. The van der Waals surface area contributed by atoms with Crippen LogP contribution in [0.1, 0.15) is 30.9 Å². The van der Waals surface area contributed by atoms with Gasteiger partial charge in [-0.2, -0.15) is 11.3 Å². The summed E-state index contributed by atoms with van der Waals surface area (Å²) in [6.07, 6.45) is 3.09. The Morgan fingerprint density at radius 3 is 3.00 bits per heavy atom. The van der Waals surface area contributed by atoms with Gasteiger partial charge in [0.25, 0.3) is 0 Å². The number of likely N-dealkylation sites (tertiary alicyclic amines) is 1. The van der Waals surface area contributed by atoms with E-state index in [0.29, 0.717) is 19.4 Å². The van der Waals surface area contributed by atoms with Crippen LogP contribution < -0.4 is 4.74 Å². The van der Waals surface area contributed by atoms with Crippen LogP contribution in [0.25, 0.3) is 10.9 Å². The number of thiophene rings is 1. The molecular weight excluding hydrogens is 456 g/mol. The summed E-state index contributed by atoms with van der Waals surface area (Å²) in [5.74, 6) is 0.625. The molecule has 0 radical (unpaired) electrons. The highest BCUT2D eigenvalue weighted by molar-refractivity contribution is 7.99. The van der Waals surface area contributed by atoms with Gasteiger partial charge < -0.3 is 19.8 Å². The van der Waals surface area contributed by atoms with E-state index in [9.17, 15) is 15.0 Å². The number of carboxylic acids is 1. The Hall–Kier alpha value is -2.13. The predicted octanol–water partition coefficient (Wildman–Crippen LogP) is 4.93. The maximum atomic E-state index is 12.0. The van der Waals surface area contributed by atoms with Crippen molar-refractivity contribution in [1.29, 1.82) is 0 Å². The molecule has 4 rings (SSSR count). The third-order valence-corrected chi connectivity index (χ3v) is 8.29. The fourth-order valence-electron chi connectivity index (χ4n) is 4.61. The van der Waals surface area contributed by atoms with Gasteiger partial charge in [0, 0.05) is 40.7 Å². The molecule has 0 spiro atoms. The number of hydrogen-bond donors (Lipinski definition) is 2. The Kier molecular flexibility index (Phi) is 8.25. The van der Waals surface area contributed by atoms with E-state index in [0.717, 1.165) is 47.5 Å². The largest absolute Gasteiger partial charge is 0.497 e. The number of aliphatic carboxylic acids is 1. The van der Waals surface area contributed by atoms with E-state index in [1.165, 1.54) is 4.90 Å². The van der Waals surface area contributed by atoms with E-state index in [1.807, 2.05) is 36.0 Å². The van der Waals surface area contributed by atoms with Crippen molar-refractivity contribution in [3.05, 3.63) is 52.9 Å². The first-order chi connectivity index (χ1) is 16.0. The molecule has 3 heterocycles. The number of hydrogen-bond acceptors (Lipinski definition) is 7. The van der Waals surface area contributed by atoms with Crippen molar-refractivity contribution >= 4 is 40.0 Å². The number of methoxy groups -OCH3 is 1. The lowest BCUT2D eigenvalue weighted by atomic mass is 9.81. The second kappa shape index (κ2) is 11.3. The van der Waals surface area contributed by atoms with Crippen LogP contribution in [0.4, 0.5) is 0 Å². The molecule has 176 valence electrons. The normalized spacial score (nSPS) is 20.1. The average molecular weight is 487 g/mol. The minimum Gasteiger partial charge on any atom is -0.497 e. The van der Waals surface area contributed by atoms with E-state index in [2.05, 4.69) is 26.7 Å². The standard InChI is InChI=1S/C25H30N2O4S2/c1-31-18-3-4-23-21(14-18)20(6-9-26-23)24(28)5-2-17-7-10-27(15-22(17)25(29)30)11-13-33-19-8-12-32-16-19/h3-4,6,8-9,12,14,16-17,22,24,28H,2,5,7,10-11,13,15H2,1H3,(H,29,30)/t17-,22+,24?/m1/s1. The Bertz CT molecular complexity index is 1060. The lowest BCUT2D eigenvalue weighted by Gasteiger charge is -2.36. The minimum atomic E-state index is -0.733. The molecule has 1 aliphatic heterocycles. The molecule has 3 atom stereocenters. The molecule has 2 N–H and O–H groups in total. The summed E-state index contributed by atoms with van der Waals surface area (Å²) < 4.78 is 5.33. The van der Waals surface area contributed by atoms with Crippen LogP contribution >= 0.6 is 23.1 Å². The highest BCUT2D eigenvalue weighted by atomic mass is 32.2. The fraction of sp³-hybridized carbons (Fsp3) is 0.440. The highest BCUT2D eigenvalue weighted by Gasteiger charge is 2.34. The number of carbonyl (C=O) groups is 1. The zero-order valence-corrected chi connectivity index (χ0v) is 20.4. The number of pyridine rings is 1. The molecule has 1 aromatic carbocycles. The van der Waals surface area contributed by atoms with Crippen LogP contribution in [-0.2, 0) is 4.79 Å². The zero-order chi connectivity index (χ0) is 23.2. The first-order valence-electron chi connectivity index (χ1n) is 11.3. The molecule has 1 saturated heterocycles. The lowest BCUT2D eigenvalue weighted by molar-refractivity contribution is -0.146. The highest BCUT2D eigenvalue weighted by Crippen LogP contribution is 2.34. The first kappa shape index (κ1) is 24.0. The summed E-state index contributed by atoms with van der Waals surface area (Å²) in [5, 5.41) is 25.9. The third-order valence-electron chi connectivity index (χ3n) is 6.48. The molecule has 2 aromatic heterocycles. The van der Waals surface area contributed by atoms with Crippen LogP contribution in [0.3, 0.4) is 0 Å². The van der Waals surface area contributed by atoms with E-state index in [1.54, 1.807) is 24.6 Å². The second-order valence-corrected chi connectivity index (χ2v) is 10.4. The van der Waals surface area contributed by atoms with Gasteiger partial charge in [-0.1, -0.05) is 0 Å². The Morgan fingerprint density at radius 1 is 1.36 bits per heavy atom. The minimum absolute atomic E-state index is 0.0700. The van der Waals surface area contributed by atoms with Crippen LogP contribution in [0.2, 0.25) is 0 Å². The summed E-state index contributed by atoms with van der Waals surface area (Å²) in [4.78, 5) is 19.9. The van der Waals surface area contributed by atoms with E-state index in [4.69, 9.17) is 4.74 Å². The number of ether oxygens (including phenoxy) is 1. The molecule has 33 heavy (non-hydrogen) atoms. The summed E-state index contributed by atoms with van der Waals surface area (Å²) in [5.41, 5.74) is 1.62. The predicted molar refractivity (Wildman–Crippen MR) is 133 cm³/mol. The van der Waals surface area contributed by atoms with Crippen molar-refractivity contribution in [2.75, 3.05) is 32.5 Å². The number of thioether (sulfide) groups is 1. The summed E-state index contributed by atoms with van der Waals surface area (Å²) in [7, 11) is 1.62. The lowest BCUT2D eigenvalue weighted by Crippen LogP contribution is -2.44. The zero-order valence-electron chi connectivity index (χ0n) is 18.7. The third kappa shape index (κ3) is 6.06. The van der Waals surface area contributed by atoms with Gasteiger partial charge in [0.15, 0.2) is 0 Å². The molecule has 1 fully saturated rings. The summed E-state index contributed by atoms with van der Waals surface area (Å²) >= 11 is 3.52. The molecule has 0 bridgehead atoms. The number of fused-ring (bicyclic) bond motifs is 1. The molecule has 1 aliphatic rings. The number of benzene rings is 1. The van der Waals surface area contributed by atoms with Gasteiger partial charge in [-0.3, -0.25) is 9.78 Å². The van der Waals surface area contributed by atoms with Crippen LogP contribution in [0, 0.1) is 11.8 Å². The van der Waals surface area contributed by atoms with Crippen molar-refractivity contribution in [3.63, 3.8) is 0 Å². The van der Waals surface area contributed by atoms with Gasteiger partial charge in [0.2, 0.25) is 0 Å². The number of aliphatic hydroxyl groups is 1. The molecule has 8 heteroatoms. The molecular formula is C25H30N2O4S2. The van der Waals surface area contributed by atoms with E-state index >= 15 is 0 Å². The summed E-state index contributed by atoms with van der Waals surface area (Å²) in [6.45, 7) is 2.38. The molecule has 6 nitrogen and oxygen atoms in total. The molecule has 0 aliphatic carbocycles. The smallest absolute Gasteiger partial charge is 0.308 e. The average Bonchev–Trinajstić information content (AvgIpc) is 3.35. The number of nitrogens with zero attached hydrogens (tertiary/aromatic N) is 2. The Morgan fingerprint density at radius 2 is 2.24 bits per heavy atom.